The fourth-order valence-electron chi connectivity index (χ4n) is 2.50. The van der Waals surface area contributed by atoms with E-state index in [1.807, 2.05) is 0 Å². The maximum Gasteiger partial charge on any atom is 0.133 e. The van der Waals surface area contributed by atoms with Crippen LogP contribution in [0.3, 0.4) is 0 Å². The standard InChI is InChI=1S/C13H24O2/c1-10(2)7-12(14)8-11-5-4-6-13(9-11)15-3/h10-11,13H,4-9H2,1-3H3. The van der Waals surface area contributed by atoms with Crippen LogP contribution in [0.4, 0.5) is 0 Å². The van der Waals surface area contributed by atoms with Gasteiger partial charge >= 0.3 is 0 Å². The summed E-state index contributed by atoms with van der Waals surface area (Å²) in [5.74, 6) is 1.51. The molecule has 15 heavy (non-hydrogen) atoms. The van der Waals surface area contributed by atoms with E-state index in [0.29, 0.717) is 23.7 Å². The Hall–Kier alpha value is -0.370. The molecule has 2 atom stereocenters. The third-order valence-corrected chi connectivity index (χ3v) is 3.22. The minimum absolute atomic E-state index is 0.399. The van der Waals surface area contributed by atoms with Crippen LogP contribution < -0.4 is 0 Å². The topological polar surface area (TPSA) is 26.3 Å². The van der Waals surface area contributed by atoms with Gasteiger partial charge in [0, 0.05) is 20.0 Å². The maximum atomic E-state index is 11.7. The van der Waals surface area contributed by atoms with Gasteiger partial charge in [-0.1, -0.05) is 20.3 Å². The van der Waals surface area contributed by atoms with Crippen LogP contribution in [-0.2, 0) is 9.53 Å². The zero-order valence-electron chi connectivity index (χ0n) is 10.3. The van der Waals surface area contributed by atoms with Gasteiger partial charge in [0.15, 0.2) is 0 Å². The van der Waals surface area contributed by atoms with Gasteiger partial charge in [0.05, 0.1) is 6.10 Å². The predicted octanol–water partition coefficient (Wildman–Crippen LogP) is 3.20. The van der Waals surface area contributed by atoms with Gasteiger partial charge in [-0.05, 0) is 31.1 Å². The van der Waals surface area contributed by atoms with Crippen molar-refractivity contribution in [3.8, 4) is 0 Å². The van der Waals surface area contributed by atoms with Gasteiger partial charge in [0.25, 0.3) is 0 Å². The molecule has 1 saturated carbocycles. The first-order chi connectivity index (χ1) is 7.11. The van der Waals surface area contributed by atoms with E-state index in [0.717, 1.165) is 19.3 Å². The second-order valence-electron chi connectivity index (χ2n) is 5.23. The van der Waals surface area contributed by atoms with Crippen LogP contribution in [0.15, 0.2) is 0 Å². The van der Waals surface area contributed by atoms with Crippen molar-refractivity contribution in [1.82, 2.24) is 0 Å². The third kappa shape index (κ3) is 4.78. The minimum atomic E-state index is 0.399. The highest BCUT2D eigenvalue weighted by molar-refractivity contribution is 5.78. The lowest BCUT2D eigenvalue weighted by Crippen LogP contribution is -2.23. The van der Waals surface area contributed by atoms with Crippen LogP contribution in [0.1, 0.15) is 52.4 Å². The van der Waals surface area contributed by atoms with Gasteiger partial charge in [-0.25, -0.2) is 0 Å². The first-order valence-corrected chi connectivity index (χ1v) is 6.16. The molecule has 2 unspecified atom stereocenters. The number of carbonyl (C=O) groups is 1. The lowest BCUT2D eigenvalue weighted by molar-refractivity contribution is -0.121. The van der Waals surface area contributed by atoms with Crippen LogP contribution in [0.5, 0.6) is 0 Å². The third-order valence-electron chi connectivity index (χ3n) is 3.22. The van der Waals surface area contributed by atoms with Gasteiger partial charge in [-0.3, -0.25) is 4.79 Å². The van der Waals surface area contributed by atoms with Crippen molar-refractivity contribution in [1.29, 1.82) is 0 Å². The average molecular weight is 212 g/mol. The summed E-state index contributed by atoms with van der Waals surface area (Å²) in [5.41, 5.74) is 0. The van der Waals surface area contributed by atoms with Gasteiger partial charge < -0.3 is 4.74 Å². The molecule has 0 saturated heterocycles. The number of ether oxygens (including phenoxy) is 1. The zero-order valence-corrected chi connectivity index (χ0v) is 10.3. The number of hydrogen-bond donors (Lipinski definition) is 0. The van der Waals surface area contributed by atoms with Crippen molar-refractivity contribution in [3.63, 3.8) is 0 Å². The molecule has 0 aromatic heterocycles. The highest BCUT2D eigenvalue weighted by Gasteiger charge is 2.23. The quantitative estimate of drug-likeness (QED) is 0.699. The van der Waals surface area contributed by atoms with E-state index in [2.05, 4.69) is 13.8 Å². The number of ketones is 1. The highest BCUT2D eigenvalue weighted by atomic mass is 16.5. The first kappa shape index (κ1) is 12.7. The van der Waals surface area contributed by atoms with Crippen molar-refractivity contribution in [2.75, 3.05) is 7.11 Å². The molecule has 0 N–H and O–H groups in total. The normalized spacial score (nSPS) is 26.9. The molecule has 0 aromatic carbocycles. The largest absolute Gasteiger partial charge is 0.381 e. The molecule has 1 aliphatic rings. The summed E-state index contributed by atoms with van der Waals surface area (Å²) in [6.45, 7) is 4.22. The molecule has 2 heteroatoms. The highest BCUT2D eigenvalue weighted by Crippen LogP contribution is 2.29. The molecule has 0 aromatic rings. The molecular formula is C13H24O2. The van der Waals surface area contributed by atoms with Crippen LogP contribution >= 0.6 is 0 Å². The van der Waals surface area contributed by atoms with Crippen molar-refractivity contribution in [2.45, 2.75) is 58.5 Å². The number of methoxy groups -OCH3 is 1. The van der Waals surface area contributed by atoms with Gasteiger partial charge in [0.2, 0.25) is 0 Å². The molecule has 1 fully saturated rings. The molecule has 0 aliphatic heterocycles. The van der Waals surface area contributed by atoms with Crippen LogP contribution in [0.2, 0.25) is 0 Å². The van der Waals surface area contributed by atoms with Crippen molar-refractivity contribution in [2.24, 2.45) is 11.8 Å². The van der Waals surface area contributed by atoms with Gasteiger partial charge in [0.1, 0.15) is 5.78 Å². The summed E-state index contributed by atoms with van der Waals surface area (Å²) < 4.78 is 5.37. The Labute approximate surface area is 93.4 Å². The van der Waals surface area contributed by atoms with E-state index in [-0.39, 0.29) is 0 Å². The lowest BCUT2D eigenvalue weighted by Gasteiger charge is -2.27. The zero-order chi connectivity index (χ0) is 11.3. The second kappa shape index (κ2) is 6.26. The Kier molecular flexibility index (Phi) is 5.30. The molecule has 1 rings (SSSR count). The molecule has 88 valence electrons. The molecule has 2 nitrogen and oxygen atoms in total. The SMILES string of the molecule is COC1CCCC(CC(=O)CC(C)C)C1. The molecule has 0 heterocycles. The van der Waals surface area contributed by atoms with Crippen molar-refractivity contribution in [3.05, 3.63) is 0 Å². The van der Waals surface area contributed by atoms with Gasteiger partial charge in [-0.2, -0.15) is 0 Å². The Bertz CT molecular complexity index is 199. The van der Waals surface area contributed by atoms with Crippen molar-refractivity contribution >= 4 is 5.78 Å². The molecule has 0 radical (unpaired) electrons. The Morgan fingerprint density at radius 1 is 1.40 bits per heavy atom. The number of carbonyl (C=O) groups excluding carboxylic acids is 1. The molecule has 1 aliphatic carbocycles. The van der Waals surface area contributed by atoms with E-state index >= 15 is 0 Å². The Morgan fingerprint density at radius 3 is 2.73 bits per heavy atom. The van der Waals surface area contributed by atoms with Crippen molar-refractivity contribution < 1.29 is 9.53 Å². The second-order valence-corrected chi connectivity index (χ2v) is 5.23. The van der Waals surface area contributed by atoms with E-state index in [1.165, 1.54) is 19.3 Å². The summed E-state index contributed by atoms with van der Waals surface area (Å²) in [4.78, 5) is 11.7. The van der Waals surface area contributed by atoms with Crippen LogP contribution in [0, 0.1) is 11.8 Å². The minimum Gasteiger partial charge on any atom is -0.381 e. The Balaban J connectivity index is 2.28. The molecular weight excluding hydrogens is 188 g/mol. The number of hydrogen-bond acceptors (Lipinski definition) is 2. The summed E-state index contributed by atoms with van der Waals surface area (Å²) >= 11 is 0. The summed E-state index contributed by atoms with van der Waals surface area (Å²) in [6, 6.07) is 0. The summed E-state index contributed by atoms with van der Waals surface area (Å²) in [6.07, 6.45) is 6.61. The number of rotatable bonds is 5. The lowest BCUT2D eigenvalue weighted by atomic mass is 9.83. The number of Topliss-reactive ketones (excluding diaryl/α,β-unsaturated/α-hetero) is 1. The van der Waals surface area contributed by atoms with E-state index in [9.17, 15) is 4.79 Å². The monoisotopic (exact) mass is 212 g/mol. The summed E-state index contributed by atoms with van der Waals surface area (Å²) in [7, 11) is 1.78. The first-order valence-electron chi connectivity index (χ1n) is 6.16. The average Bonchev–Trinajstić information content (AvgIpc) is 2.16. The Morgan fingerprint density at radius 2 is 2.13 bits per heavy atom. The predicted molar refractivity (Wildman–Crippen MR) is 61.8 cm³/mol. The van der Waals surface area contributed by atoms with Gasteiger partial charge in [-0.15, -0.1) is 0 Å². The maximum absolute atomic E-state index is 11.7. The summed E-state index contributed by atoms with van der Waals surface area (Å²) in [5, 5.41) is 0. The van der Waals surface area contributed by atoms with E-state index in [1.54, 1.807) is 7.11 Å². The fourth-order valence-corrected chi connectivity index (χ4v) is 2.50. The fraction of sp³-hybridized carbons (Fsp3) is 0.923. The smallest absolute Gasteiger partial charge is 0.133 e. The van der Waals surface area contributed by atoms with E-state index < -0.39 is 0 Å². The van der Waals surface area contributed by atoms with Crippen LogP contribution in [-0.4, -0.2) is 19.0 Å². The van der Waals surface area contributed by atoms with E-state index in [4.69, 9.17) is 4.74 Å². The molecule has 0 amide bonds. The molecule has 0 spiro atoms. The molecule has 0 bridgehead atoms. The van der Waals surface area contributed by atoms with Crippen LogP contribution in [0.25, 0.3) is 0 Å².